The molecule has 1 aromatic heterocycles. The molecule has 2 aromatic carbocycles. The van der Waals surface area contributed by atoms with E-state index in [-0.39, 0.29) is 11.9 Å². The average molecular weight is 269 g/mol. The van der Waals surface area contributed by atoms with Crippen LogP contribution in [-0.4, -0.2) is 9.55 Å². The van der Waals surface area contributed by atoms with Crippen LogP contribution in [0.1, 0.15) is 24.4 Å². The van der Waals surface area contributed by atoms with Crippen LogP contribution in [0.4, 0.5) is 4.39 Å². The number of imidazole rings is 1. The molecule has 0 fully saturated rings. The Labute approximate surface area is 116 Å². The standard InChI is InChI=1S/C16H16FN3/c1-11(18)16-19-14-4-2-3-5-15(14)20(16)10-12-6-8-13(17)9-7-12/h2-9,11H,10,18H2,1H3. The molecule has 1 atom stereocenters. The van der Waals surface area contributed by atoms with Crippen LogP contribution in [0.3, 0.4) is 0 Å². The quantitative estimate of drug-likeness (QED) is 0.793. The van der Waals surface area contributed by atoms with Gasteiger partial charge in [-0.3, -0.25) is 0 Å². The number of hydrogen-bond acceptors (Lipinski definition) is 2. The Morgan fingerprint density at radius 1 is 1.15 bits per heavy atom. The van der Waals surface area contributed by atoms with Crippen LogP contribution < -0.4 is 5.73 Å². The second-order valence-electron chi connectivity index (χ2n) is 4.96. The van der Waals surface area contributed by atoms with Crippen LogP contribution in [0.15, 0.2) is 48.5 Å². The van der Waals surface area contributed by atoms with Gasteiger partial charge in [-0.2, -0.15) is 0 Å². The van der Waals surface area contributed by atoms with Crippen molar-refractivity contribution in [3.63, 3.8) is 0 Å². The molecular formula is C16H16FN3. The molecule has 0 saturated carbocycles. The molecule has 20 heavy (non-hydrogen) atoms. The number of nitrogens with zero attached hydrogens (tertiary/aromatic N) is 2. The molecule has 3 nitrogen and oxygen atoms in total. The highest BCUT2D eigenvalue weighted by atomic mass is 19.1. The molecule has 1 unspecified atom stereocenters. The zero-order chi connectivity index (χ0) is 14.1. The number of hydrogen-bond donors (Lipinski definition) is 1. The summed E-state index contributed by atoms with van der Waals surface area (Å²) < 4.78 is 15.1. The smallest absolute Gasteiger partial charge is 0.126 e. The summed E-state index contributed by atoms with van der Waals surface area (Å²) in [6.07, 6.45) is 0. The van der Waals surface area contributed by atoms with E-state index in [4.69, 9.17) is 5.73 Å². The van der Waals surface area contributed by atoms with Gasteiger partial charge in [-0.25, -0.2) is 9.37 Å². The Morgan fingerprint density at radius 2 is 1.85 bits per heavy atom. The molecule has 0 aliphatic rings. The van der Waals surface area contributed by atoms with E-state index in [9.17, 15) is 4.39 Å². The molecule has 0 spiro atoms. The van der Waals surface area contributed by atoms with E-state index < -0.39 is 0 Å². The predicted octanol–water partition coefficient (Wildman–Crippen LogP) is 3.24. The number of para-hydroxylation sites is 2. The molecule has 0 radical (unpaired) electrons. The third kappa shape index (κ3) is 2.30. The largest absolute Gasteiger partial charge is 0.322 e. The first-order valence-corrected chi connectivity index (χ1v) is 6.60. The minimum Gasteiger partial charge on any atom is -0.322 e. The number of rotatable bonds is 3. The maximum Gasteiger partial charge on any atom is 0.126 e. The highest BCUT2D eigenvalue weighted by molar-refractivity contribution is 5.76. The maximum absolute atomic E-state index is 13.0. The summed E-state index contributed by atoms with van der Waals surface area (Å²) in [5.74, 6) is 0.618. The number of halogens is 1. The summed E-state index contributed by atoms with van der Waals surface area (Å²) in [6.45, 7) is 2.56. The molecule has 4 heteroatoms. The Kier molecular flexibility index (Phi) is 3.24. The summed E-state index contributed by atoms with van der Waals surface area (Å²) >= 11 is 0. The first-order valence-electron chi connectivity index (χ1n) is 6.60. The lowest BCUT2D eigenvalue weighted by Gasteiger charge is -2.11. The van der Waals surface area contributed by atoms with Gasteiger partial charge in [-0.15, -0.1) is 0 Å². The summed E-state index contributed by atoms with van der Waals surface area (Å²) in [5.41, 5.74) is 9.02. The van der Waals surface area contributed by atoms with Gasteiger partial charge in [0.1, 0.15) is 11.6 Å². The van der Waals surface area contributed by atoms with Crippen molar-refractivity contribution in [2.75, 3.05) is 0 Å². The van der Waals surface area contributed by atoms with Gasteiger partial charge in [-0.05, 0) is 36.8 Å². The predicted molar refractivity (Wildman–Crippen MR) is 77.8 cm³/mol. The van der Waals surface area contributed by atoms with Gasteiger partial charge in [0.25, 0.3) is 0 Å². The summed E-state index contributed by atoms with van der Waals surface area (Å²) in [7, 11) is 0. The molecule has 0 amide bonds. The summed E-state index contributed by atoms with van der Waals surface area (Å²) in [5, 5.41) is 0. The van der Waals surface area contributed by atoms with E-state index in [1.807, 2.05) is 31.2 Å². The molecular weight excluding hydrogens is 253 g/mol. The second kappa shape index (κ2) is 5.06. The van der Waals surface area contributed by atoms with Crippen LogP contribution in [-0.2, 0) is 6.54 Å². The van der Waals surface area contributed by atoms with Crippen molar-refractivity contribution in [3.05, 3.63) is 65.7 Å². The maximum atomic E-state index is 13.0. The van der Waals surface area contributed by atoms with Gasteiger partial charge >= 0.3 is 0 Å². The number of aromatic nitrogens is 2. The van der Waals surface area contributed by atoms with Gasteiger partial charge in [0.15, 0.2) is 0 Å². The lowest BCUT2D eigenvalue weighted by molar-refractivity contribution is 0.624. The van der Waals surface area contributed by atoms with Crippen molar-refractivity contribution in [3.8, 4) is 0 Å². The van der Waals surface area contributed by atoms with Crippen molar-refractivity contribution in [1.82, 2.24) is 9.55 Å². The van der Waals surface area contributed by atoms with Crippen molar-refractivity contribution >= 4 is 11.0 Å². The topological polar surface area (TPSA) is 43.8 Å². The fraction of sp³-hybridized carbons (Fsp3) is 0.188. The first kappa shape index (κ1) is 12.8. The molecule has 3 aromatic rings. The van der Waals surface area contributed by atoms with Crippen LogP contribution >= 0.6 is 0 Å². The molecule has 2 N–H and O–H groups in total. The Bertz CT molecular complexity index is 729. The van der Waals surface area contributed by atoms with E-state index in [0.29, 0.717) is 6.54 Å². The number of benzene rings is 2. The SMILES string of the molecule is CC(N)c1nc2ccccc2n1Cc1ccc(F)cc1. The number of fused-ring (bicyclic) bond motifs is 1. The first-order chi connectivity index (χ1) is 9.65. The van der Waals surface area contributed by atoms with Crippen molar-refractivity contribution < 1.29 is 4.39 Å². The van der Waals surface area contributed by atoms with Gasteiger partial charge in [0, 0.05) is 6.54 Å². The molecule has 0 saturated heterocycles. The molecule has 102 valence electrons. The fourth-order valence-electron chi connectivity index (χ4n) is 2.38. The zero-order valence-electron chi connectivity index (χ0n) is 11.3. The van der Waals surface area contributed by atoms with Crippen LogP contribution in [0.25, 0.3) is 11.0 Å². The molecule has 3 rings (SSSR count). The second-order valence-corrected chi connectivity index (χ2v) is 4.96. The van der Waals surface area contributed by atoms with Gasteiger partial charge in [-0.1, -0.05) is 24.3 Å². The monoisotopic (exact) mass is 269 g/mol. The van der Waals surface area contributed by atoms with Crippen LogP contribution in [0, 0.1) is 5.82 Å². The highest BCUT2D eigenvalue weighted by Gasteiger charge is 2.13. The van der Waals surface area contributed by atoms with Gasteiger partial charge in [0.2, 0.25) is 0 Å². The van der Waals surface area contributed by atoms with Crippen molar-refractivity contribution in [2.24, 2.45) is 5.73 Å². The normalized spacial score (nSPS) is 12.8. The molecule has 0 aliphatic carbocycles. The molecule has 0 bridgehead atoms. The van der Waals surface area contributed by atoms with Crippen molar-refractivity contribution in [2.45, 2.75) is 19.5 Å². The lowest BCUT2D eigenvalue weighted by atomic mass is 10.2. The van der Waals surface area contributed by atoms with Gasteiger partial charge < -0.3 is 10.3 Å². The lowest BCUT2D eigenvalue weighted by Crippen LogP contribution is -2.14. The minimum atomic E-state index is -0.225. The third-order valence-corrected chi connectivity index (χ3v) is 3.35. The van der Waals surface area contributed by atoms with Crippen LogP contribution in [0.2, 0.25) is 0 Å². The van der Waals surface area contributed by atoms with Crippen molar-refractivity contribution in [1.29, 1.82) is 0 Å². The van der Waals surface area contributed by atoms with E-state index in [1.165, 1.54) is 12.1 Å². The Balaban J connectivity index is 2.09. The highest BCUT2D eigenvalue weighted by Crippen LogP contribution is 2.21. The molecule has 0 aliphatic heterocycles. The summed E-state index contributed by atoms with van der Waals surface area (Å²) in [6, 6.07) is 14.3. The number of nitrogens with two attached hydrogens (primary N) is 1. The minimum absolute atomic E-state index is 0.150. The van der Waals surface area contributed by atoms with Crippen LogP contribution in [0.5, 0.6) is 0 Å². The zero-order valence-corrected chi connectivity index (χ0v) is 11.3. The Morgan fingerprint density at radius 3 is 2.55 bits per heavy atom. The van der Waals surface area contributed by atoms with E-state index in [0.717, 1.165) is 22.4 Å². The van der Waals surface area contributed by atoms with E-state index in [1.54, 1.807) is 12.1 Å². The molecule has 1 heterocycles. The average Bonchev–Trinajstić information content (AvgIpc) is 2.81. The van der Waals surface area contributed by atoms with E-state index in [2.05, 4.69) is 9.55 Å². The third-order valence-electron chi connectivity index (χ3n) is 3.35. The van der Waals surface area contributed by atoms with Gasteiger partial charge in [0.05, 0.1) is 17.1 Å². The summed E-state index contributed by atoms with van der Waals surface area (Å²) in [4.78, 5) is 4.59. The van der Waals surface area contributed by atoms with E-state index >= 15 is 0 Å². The Hall–Kier alpha value is -2.20. The fourth-order valence-corrected chi connectivity index (χ4v) is 2.38.